The zero-order chi connectivity index (χ0) is 15.7. The Kier molecular flexibility index (Phi) is 4.03. The summed E-state index contributed by atoms with van der Waals surface area (Å²) < 4.78 is 5.29. The van der Waals surface area contributed by atoms with Crippen LogP contribution in [0.2, 0.25) is 0 Å². The van der Waals surface area contributed by atoms with Gasteiger partial charge in [-0.3, -0.25) is 0 Å². The fourth-order valence-electron chi connectivity index (χ4n) is 2.13. The topological polar surface area (TPSA) is 72.5 Å². The van der Waals surface area contributed by atoms with Gasteiger partial charge >= 0.3 is 5.97 Å². The molecule has 0 amide bonds. The van der Waals surface area contributed by atoms with E-state index in [1.54, 1.807) is 32.9 Å². The van der Waals surface area contributed by atoms with Crippen molar-refractivity contribution in [1.29, 1.82) is 0 Å². The predicted octanol–water partition coefficient (Wildman–Crippen LogP) is 2.33. The molecule has 1 unspecified atom stereocenters. The summed E-state index contributed by atoms with van der Waals surface area (Å²) >= 11 is 0. The number of hydrogen-bond donors (Lipinski definition) is 2. The van der Waals surface area contributed by atoms with Crippen LogP contribution in [0.5, 0.6) is 0 Å². The monoisotopic (exact) mass is 287 g/mol. The number of esters is 1. The second-order valence-corrected chi connectivity index (χ2v) is 6.13. The fourth-order valence-corrected chi connectivity index (χ4v) is 2.13. The molecule has 0 heterocycles. The molecule has 0 spiro atoms. The average molecular weight is 287 g/mol. The fraction of sp³-hybridized carbons (Fsp3) is 0.353. The Morgan fingerprint density at radius 3 is 2.33 bits per heavy atom. The van der Waals surface area contributed by atoms with Gasteiger partial charge in [0, 0.05) is 6.54 Å². The summed E-state index contributed by atoms with van der Waals surface area (Å²) in [5.74, 6) is -0.729. The molecule has 2 rings (SSSR count). The molecule has 0 radical (unpaired) electrons. The summed E-state index contributed by atoms with van der Waals surface area (Å²) in [7, 11) is 0. The van der Waals surface area contributed by atoms with Crippen molar-refractivity contribution >= 4 is 16.7 Å². The van der Waals surface area contributed by atoms with Crippen LogP contribution in [0.25, 0.3) is 10.8 Å². The number of carbonyl (C=O) groups is 1. The Hall–Kier alpha value is -1.91. The number of carbonyl (C=O) groups excluding carboxylic acids is 1. The van der Waals surface area contributed by atoms with E-state index in [4.69, 9.17) is 10.5 Å². The van der Waals surface area contributed by atoms with Crippen molar-refractivity contribution in [2.45, 2.75) is 32.0 Å². The van der Waals surface area contributed by atoms with E-state index in [9.17, 15) is 9.90 Å². The van der Waals surface area contributed by atoms with Gasteiger partial charge < -0.3 is 15.6 Å². The van der Waals surface area contributed by atoms with E-state index in [1.165, 1.54) is 0 Å². The van der Waals surface area contributed by atoms with Gasteiger partial charge in [0.05, 0.1) is 0 Å². The van der Waals surface area contributed by atoms with Crippen LogP contribution in [0, 0.1) is 0 Å². The summed E-state index contributed by atoms with van der Waals surface area (Å²) in [5.41, 5.74) is 3.58. The molecule has 0 aliphatic carbocycles. The molecule has 2 aromatic carbocycles. The van der Waals surface area contributed by atoms with Crippen LogP contribution in [0.3, 0.4) is 0 Å². The third kappa shape index (κ3) is 3.23. The Labute approximate surface area is 124 Å². The van der Waals surface area contributed by atoms with E-state index in [1.807, 2.05) is 30.3 Å². The van der Waals surface area contributed by atoms with Crippen molar-refractivity contribution in [1.82, 2.24) is 0 Å². The van der Waals surface area contributed by atoms with E-state index >= 15 is 0 Å². The Morgan fingerprint density at radius 1 is 1.14 bits per heavy atom. The highest BCUT2D eigenvalue weighted by atomic mass is 16.6. The highest BCUT2D eigenvalue weighted by molar-refractivity contribution is 5.87. The molecule has 0 saturated carbocycles. The third-order valence-corrected chi connectivity index (χ3v) is 3.26. The predicted molar refractivity (Wildman–Crippen MR) is 82.7 cm³/mol. The lowest BCUT2D eigenvalue weighted by atomic mass is 9.91. The number of aliphatic hydroxyl groups is 1. The molecule has 0 aliphatic heterocycles. The number of hydrogen-bond acceptors (Lipinski definition) is 4. The van der Waals surface area contributed by atoms with Crippen molar-refractivity contribution < 1.29 is 14.6 Å². The average Bonchev–Trinajstić information content (AvgIpc) is 2.44. The van der Waals surface area contributed by atoms with Crippen molar-refractivity contribution in [2.24, 2.45) is 5.73 Å². The van der Waals surface area contributed by atoms with Crippen LogP contribution >= 0.6 is 0 Å². The molecule has 0 aromatic heterocycles. The minimum absolute atomic E-state index is 0.236. The van der Waals surface area contributed by atoms with Gasteiger partial charge in [-0.1, -0.05) is 36.4 Å². The highest BCUT2D eigenvalue weighted by Gasteiger charge is 2.40. The first-order valence-electron chi connectivity index (χ1n) is 6.91. The van der Waals surface area contributed by atoms with Gasteiger partial charge in [-0.05, 0) is 43.2 Å². The number of rotatable bonds is 3. The van der Waals surface area contributed by atoms with Gasteiger partial charge in [-0.15, -0.1) is 0 Å². The van der Waals surface area contributed by atoms with Crippen LogP contribution in [0.1, 0.15) is 26.3 Å². The highest BCUT2D eigenvalue weighted by Crippen LogP contribution is 2.27. The molecule has 0 fully saturated rings. The molecule has 2 aromatic rings. The number of nitrogens with two attached hydrogens (primary N) is 1. The Morgan fingerprint density at radius 2 is 1.76 bits per heavy atom. The minimum atomic E-state index is -1.84. The van der Waals surface area contributed by atoms with Crippen molar-refractivity contribution in [2.75, 3.05) is 6.54 Å². The molecule has 4 heteroatoms. The molecule has 4 nitrogen and oxygen atoms in total. The third-order valence-electron chi connectivity index (χ3n) is 3.26. The standard InChI is InChI=1S/C17H21NO3/c1-16(2,3)21-15(19)17(20,11-18)14-9-8-12-6-4-5-7-13(12)10-14/h4-10,20H,11,18H2,1-3H3. The van der Waals surface area contributed by atoms with E-state index in [0.29, 0.717) is 5.56 Å². The Bertz CT molecular complexity index is 660. The summed E-state index contributed by atoms with van der Waals surface area (Å²) in [5, 5.41) is 12.7. The molecular formula is C17H21NO3. The van der Waals surface area contributed by atoms with Crippen LogP contribution < -0.4 is 5.73 Å². The smallest absolute Gasteiger partial charge is 0.344 e. The van der Waals surface area contributed by atoms with Crippen molar-refractivity contribution in [3.05, 3.63) is 48.0 Å². The number of ether oxygens (including phenoxy) is 1. The van der Waals surface area contributed by atoms with Gasteiger partial charge in [-0.2, -0.15) is 0 Å². The van der Waals surface area contributed by atoms with Crippen molar-refractivity contribution in [3.63, 3.8) is 0 Å². The maximum atomic E-state index is 12.3. The van der Waals surface area contributed by atoms with Gasteiger partial charge in [0.2, 0.25) is 0 Å². The summed E-state index contributed by atoms with van der Waals surface area (Å²) in [6.07, 6.45) is 0. The first-order chi connectivity index (χ1) is 9.76. The molecular weight excluding hydrogens is 266 g/mol. The van der Waals surface area contributed by atoms with E-state index < -0.39 is 17.2 Å². The maximum absolute atomic E-state index is 12.3. The molecule has 21 heavy (non-hydrogen) atoms. The van der Waals surface area contributed by atoms with Crippen LogP contribution in [-0.2, 0) is 15.1 Å². The lowest BCUT2D eigenvalue weighted by molar-refractivity contribution is -0.177. The second kappa shape index (κ2) is 5.47. The van der Waals surface area contributed by atoms with E-state index in [-0.39, 0.29) is 6.54 Å². The zero-order valence-electron chi connectivity index (χ0n) is 12.6. The normalized spacial score (nSPS) is 14.7. The largest absolute Gasteiger partial charge is 0.458 e. The summed E-state index contributed by atoms with van der Waals surface area (Å²) in [4.78, 5) is 12.3. The molecule has 1 atom stereocenters. The lowest BCUT2D eigenvalue weighted by Crippen LogP contribution is -2.46. The van der Waals surface area contributed by atoms with Crippen LogP contribution in [0.15, 0.2) is 42.5 Å². The molecule has 0 aliphatic rings. The SMILES string of the molecule is CC(C)(C)OC(=O)C(O)(CN)c1ccc2ccccc2c1. The zero-order valence-corrected chi connectivity index (χ0v) is 12.6. The molecule has 0 saturated heterocycles. The minimum Gasteiger partial charge on any atom is -0.458 e. The number of benzene rings is 2. The van der Waals surface area contributed by atoms with Gasteiger partial charge in [-0.25, -0.2) is 4.79 Å². The van der Waals surface area contributed by atoms with Crippen LogP contribution in [0.4, 0.5) is 0 Å². The Balaban J connectivity index is 2.44. The van der Waals surface area contributed by atoms with Crippen LogP contribution in [-0.4, -0.2) is 23.2 Å². The lowest BCUT2D eigenvalue weighted by Gasteiger charge is -2.29. The summed E-state index contributed by atoms with van der Waals surface area (Å²) in [6, 6.07) is 13.1. The van der Waals surface area contributed by atoms with Gasteiger partial charge in [0.25, 0.3) is 0 Å². The van der Waals surface area contributed by atoms with Gasteiger partial charge in [0.15, 0.2) is 5.60 Å². The van der Waals surface area contributed by atoms with E-state index in [0.717, 1.165) is 10.8 Å². The summed E-state index contributed by atoms with van der Waals surface area (Å²) in [6.45, 7) is 5.02. The first-order valence-corrected chi connectivity index (χ1v) is 6.91. The number of fused-ring (bicyclic) bond motifs is 1. The van der Waals surface area contributed by atoms with E-state index in [2.05, 4.69) is 0 Å². The van der Waals surface area contributed by atoms with Gasteiger partial charge in [0.1, 0.15) is 5.60 Å². The second-order valence-electron chi connectivity index (χ2n) is 6.13. The first kappa shape index (κ1) is 15.5. The quantitative estimate of drug-likeness (QED) is 0.850. The maximum Gasteiger partial charge on any atom is 0.344 e. The molecule has 112 valence electrons. The molecule has 0 bridgehead atoms. The molecule has 3 N–H and O–H groups in total. The van der Waals surface area contributed by atoms with Crippen molar-refractivity contribution in [3.8, 4) is 0 Å².